The number of alkyl carbamates (subject to hydrolysis) is 1. The maximum Gasteiger partial charge on any atom is 0.407 e. The van der Waals surface area contributed by atoms with E-state index in [0.717, 1.165) is 25.9 Å². The predicted molar refractivity (Wildman–Crippen MR) is 88.1 cm³/mol. The quantitative estimate of drug-likeness (QED) is 0.584. The van der Waals surface area contributed by atoms with Crippen molar-refractivity contribution in [2.24, 2.45) is 5.92 Å². The highest BCUT2D eigenvalue weighted by molar-refractivity contribution is 6.74. The Morgan fingerprint density at radius 3 is 2.48 bits per heavy atom. The van der Waals surface area contributed by atoms with Gasteiger partial charge in [0, 0.05) is 6.54 Å². The molecule has 0 atom stereocenters. The van der Waals surface area contributed by atoms with E-state index in [2.05, 4.69) is 44.5 Å². The summed E-state index contributed by atoms with van der Waals surface area (Å²) < 4.78 is 11.3. The number of piperidine rings is 1. The van der Waals surface area contributed by atoms with Crippen LogP contribution in [0, 0.1) is 5.92 Å². The minimum Gasteiger partial charge on any atom is -0.449 e. The molecule has 0 saturated carbocycles. The summed E-state index contributed by atoms with van der Waals surface area (Å²) in [6.45, 7) is 14.7. The first-order chi connectivity index (χ1) is 9.72. The number of amides is 1. The maximum atomic E-state index is 11.6. The maximum absolute atomic E-state index is 11.6. The Bertz CT molecular complexity index is 323. The molecular formula is C15H32N2O3Si. The van der Waals surface area contributed by atoms with Gasteiger partial charge in [-0.2, -0.15) is 0 Å². The molecule has 1 aliphatic heterocycles. The Morgan fingerprint density at radius 2 is 1.90 bits per heavy atom. The number of ether oxygens (including phenoxy) is 1. The number of carbonyl (C=O) groups excluding carboxylic acids is 1. The second kappa shape index (κ2) is 8.15. The molecule has 0 aliphatic carbocycles. The van der Waals surface area contributed by atoms with Gasteiger partial charge in [-0.25, -0.2) is 4.79 Å². The van der Waals surface area contributed by atoms with Crippen molar-refractivity contribution in [1.29, 1.82) is 0 Å². The third-order valence-electron chi connectivity index (χ3n) is 4.55. The van der Waals surface area contributed by atoms with E-state index in [0.29, 0.717) is 25.7 Å². The van der Waals surface area contributed by atoms with Crippen LogP contribution in [0.5, 0.6) is 0 Å². The first kappa shape index (κ1) is 18.5. The smallest absolute Gasteiger partial charge is 0.407 e. The molecule has 1 aliphatic rings. The molecular weight excluding hydrogens is 284 g/mol. The molecule has 124 valence electrons. The lowest BCUT2D eigenvalue weighted by atomic mass is 9.99. The highest BCUT2D eigenvalue weighted by Gasteiger charge is 2.36. The molecule has 0 aromatic carbocycles. The molecule has 0 spiro atoms. The summed E-state index contributed by atoms with van der Waals surface area (Å²) in [6, 6.07) is 0. The van der Waals surface area contributed by atoms with E-state index in [4.69, 9.17) is 9.16 Å². The van der Waals surface area contributed by atoms with Crippen molar-refractivity contribution < 1.29 is 14.0 Å². The number of hydrogen-bond donors (Lipinski definition) is 2. The van der Waals surface area contributed by atoms with Crippen molar-refractivity contribution in [3.8, 4) is 0 Å². The van der Waals surface area contributed by atoms with Gasteiger partial charge in [-0.1, -0.05) is 20.8 Å². The molecule has 0 aromatic rings. The lowest BCUT2D eigenvalue weighted by Gasteiger charge is -2.36. The van der Waals surface area contributed by atoms with Crippen molar-refractivity contribution >= 4 is 14.4 Å². The van der Waals surface area contributed by atoms with E-state index in [1.807, 2.05) is 0 Å². The van der Waals surface area contributed by atoms with E-state index in [1.54, 1.807) is 0 Å². The zero-order valence-corrected chi connectivity index (χ0v) is 15.3. The van der Waals surface area contributed by atoms with Gasteiger partial charge in [0.2, 0.25) is 0 Å². The first-order valence-electron chi connectivity index (χ1n) is 7.98. The lowest BCUT2D eigenvalue weighted by Crippen LogP contribution is -2.42. The van der Waals surface area contributed by atoms with Crippen molar-refractivity contribution in [3.63, 3.8) is 0 Å². The summed E-state index contributed by atoms with van der Waals surface area (Å²) in [5.41, 5.74) is 0. The lowest BCUT2D eigenvalue weighted by molar-refractivity contribution is 0.116. The summed E-state index contributed by atoms with van der Waals surface area (Å²) >= 11 is 0. The fourth-order valence-corrected chi connectivity index (χ4v) is 3.01. The standard InChI is InChI=1S/C15H32N2O3Si/c1-15(2,3)21(4,5)20-11-10-17-14(18)19-12-13-6-8-16-9-7-13/h13,16H,6-12H2,1-5H3,(H,17,18). The number of nitrogens with one attached hydrogen (secondary N) is 2. The molecule has 0 unspecified atom stereocenters. The van der Waals surface area contributed by atoms with E-state index >= 15 is 0 Å². The SMILES string of the molecule is CC(C)(C)[Si](C)(C)OCCNC(=O)OCC1CCNCC1. The van der Waals surface area contributed by atoms with Gasteiger partial charge in [0.1, 0.15) is 0 Å². The van der Waals surface area contributed by atoms with Crippen molar-refractivity contribution in [2.45, 2.75) is 51.7 Å². The van der Waals surface area contributed by atoms with Gasteiger partial charge in [-0.05, 0) is 50.0 Å². The third kappa shape index (κ3) is 6.80. The van der Waals surface area contributed by atoms with Crippen LogP contribution in [-0.4, -0.2) is 47.3 Å². The molecule has 1 fully saturated rings. The summed E-state index contributed by atoms with van der Waals surface area (Å²) in [6.07, 6.45) is 1.84. The van der Waals surface area contributed by atoms with Crippen molar-refractivity contribution in [3.05, 3.63) is 0 Å². The van der Waals surface area contributed by atoms with Gasteiger partial charge in [-0.3, -0.25) is 0 Å². The summed E-state index contributed by atoms with van der Waals surface area (Å²) in [5.74, 6) is 0.500. The topological polar surface area (TPSA) is 59.6 Å². The zero-order chi connectivity index (χ0) is 15.9. The van der Waals surface area contributed by atoms with Gasteiger partial charge >= 0.3 is 6.09 Å². The van der Waals surface area contributed by atoms with E-state index in [1.165, 1.54) is 0 Å². The molecule has 1 amide bonds. The van der Waals surface area contributed by atoms with Crippen molar-refractivity contribution in [2.75, 3.05) is 32.8 Å². The van der Waals surface area contributed by atoms with Gasteiger partial charge in [0.05, 0.1) is 13.2 Å². The minimum absolute atomic E-state index is 0.197. The molecule has 0 aromatic heterocycles. The fourth-order valence-electron chi connectivity index (χ4n) is 1.97. The Morgan fingerprint density at radius 1 is 1.29 bits per heavy atom. The predicted octanol–water partition coefficient (Wildman–Crippen LogP) is 2.73. The average molecular weight is 317 g/mol. The molecule has 1 heterocycles. The van der Waals surface area contributed by atoms with E-state index in [9.17, 15) is 4.79 Å². The molecule has 21 heavy (non-hydrogen) atoms. The summed E-state index contributed by atoms with van der Waals surface area (Å²) in [7, 11) is -1.72. The van der Waals surface area contributed by atoms with Crippen LogP contribution >= 0.6 is 0 Å². The van der Waals surface area contributed by atoms with Crippen LogP contribution in [-0.2, 0) is 9.16 Å². The van der Waals surface area contributed by atoms with Crippen LogP contribution < -0.4 is 10.6 Å². The highest BCUT2D eigenvalue weighted by atomic mass is 28.4. The highest BCUT2D eigenvalue weighted by Crippen LogP contribution is 2.36. The third-order valence-corrected chi connectivity index (χ3v) is 9.09. The minimum atomic E-state index is -1.72. The van der Waals surface area contributed by atoms with Gasteiger partial charge in [0.25, 0.3) is 0 Å². The van der Waals surface area contributed by atoms with Crippen LogP contribution in [0.3, 0.4) is 0 Å². The van der Waals surface area contributed by atoms with E-state index in [-0.39, 0.29) is 11.1 Å². The normalized spacial score (nSPS) is 17.6. The van der Waals surface area contributed by atoms with Crippen LogP contribution in [0.2, 0.25) is 18.1 Å². The average Bonchev–Trinajstić information content (AvgIpc) is 2.41. The molecule has 2 N–H and O–H groups in total. The molecule has 5 nitrogen and oxygen atoms in total. The molecule has 0 bridgehead atoms. The molecule has 0 radical (unpaired) electrons. The van der Waals surface area contributed by atoms with Crippen LogP contribution in [0.25, 0.3) is 0 Å². The van der Waals surface area contributed by atoms with Crippen LogP contribution in [0.15, 0.2) is 0 Å². The Kier molecular flexibility index (Phi) is 7.16. The fraction of sp³-hybridized carbons (Fsp3) is 0.933. The van der Waals surface area contributed by atoms with Gasteiger partial charge in [0.15, 0.2) is 8.32 Å². The number of hydrogen-bond acceptors (Lipinski definition) is 4. The Labute approximate surface area is 130 Å². The second-order valence-electron chi connectivity index (χ2n) is 7.33. The van der Waals surface area contributed by atoms with Crippen LogP contribution in [0.1, 0.15) is 33.6 Å². The molecule has 1 saturated heterocycles. The second-order valence-corrected chi connectivity index (χ2v) is 12.1. The largest absolute Gasteiger partial charge is 0.449 e. The van der Waals surface area contributed by atoms with Gasteiger partial charge < -0.3 is 19.8 Å². The first-order valence-corrected chi connectivity index (χ1v) is 10.9. The van der Waals surface area contributed by atoms with Crippen LogP contribution in [0.4, 0.5) is 4.79 Å². The molecule has 1 rings (SSSR count). The summed E-state index contributed by atoms with van der Waals surface area (Å²) in [5, 5.41) is 6.27. The molecule has 6 heteroatoms. The Hall–Kier alpha value is -0.593. The zero-order valence-electron chi connectivity index (χ0n) is 14.3. The number of rotatable bonds is 6. The van der Waals surface area contributed by atoms with Crippen molar-refractivity contribution in [1.82, 2.24) is 10.6 Å². The summed E-state index contributed by atoms with van der Waals surface area (Å²) in [4.78, 5) is 11.6. The monoisotopic (exact) mass is 316 g/mol. The number of carbonyl (C=O) groups is 1. The van der Waals surface area contributed by atoms with Gasteiger partial charge in [-0.15, -0.1) is 0 Å². The Balaban J connectivity index is 2.10. The van der Waals surface area contributed by atoms with E-state index < -0.39 is 8.32 Å².